The van der Waals surface area contributed by atoms with Crippen molar-refractivity contribution in [2.45, 2.75) is 18.8 Å². The van der Waals surface area contributed by atoms with Crippen molar-refractivity contribution < 1.29 is 36.7 Å². The lowest BCUT2D eigenvalue weighted by molar-refractivity contribution is -0.254. The number of ketones is 1. The number of nitrogens with zero attached hydrogens (tertiary/aromatic N) is 2. The highest BCUT2D eigenvalue weighted by Gasteiger charge is 2.50. The molecule has 38 heavy (non-hydrogen) atoms. The standard InChI is InChI=1S/C28H20F4N2O4/c1-15(35)16-2-5-19(26(36)37)22(8-16)25-20-6-3-17(33-11-27(29,30)12-33)9-23(20)38-24-10-18(4-7-21(24)25)34-13-28(31,32)14-34/h2-10H,11-14H2,1H3. The van der Waals surface area contributed by atoms with Gasteiger partial charge in [-0.2, -0.15) is 8.78 Å². The molecule has 0 atom stereocenters. The normalized spacial score (nSPS) is 17.8. The molecule has 0 bridgehead atoms. The summed E-state index contributed by atoms with van der Waals surface area (Å²) in [5.41, 5.74) is 2.05. The molecule has 1 aliphatic carbocycles. The highest BCUT2D eigenvalue weighted by molar-refractivity contribution is 6.09. The number of fused-ring (bicyclic) bond motifs is 2. The fourth-order valence-corrected chi connectivity index (χ4v) is 5.09. The summed E-state index contributed by atoms with van der Waals surface area (Å²) >= 11 is 0. The number of anilines is 1. The van der Waals surface area contributed by atoms with Gasteiger partial charge in [0, 0.05) is 45.5 Å². The predicted molar refractivity (Wildman–Crippen MR) is 130 cm³/mol. The van der Waals surface area contributed by atoms with E-state index in [-0.39, 0.29) is 33.8 Å². The van der Waals surface area contributed by atoms with Crippen molar-refractivity contribution in [3.63, 3.8) is 0 Å². The maximum Gasteiger partial charge on any atom is 0.361 e. The van der Waals surface area contributed by atoms with E-state index < -0.39 is 44.0 Å². The lowest BCUT2D eigenvalue weighted by Gasteiger charge is -2.40. The molecule has 4 aliphatic rings. The van der Waals surface area contributed by atoms with E-state index in [0.29, 0.717) is 27.6 Å². The molecule has 0 radical (unpaired) electrons. The number of aromatic carboxylic acids is 1. The molecule has 3 aliphatic heterocycles. The van der Waals surface area contributed by atoms with Crippen molar-refractivity contribution in [1.82, 2.24) is 4.58 Å². The van der Waals surface area contributed by atoms with Gasteiger partial charge in [-0.1, -0.05) is 12.1 Å². The van der Waals surface area contributed by atoms with Crippen molar-refractivity contribution in [3.05, 3.63) is 71.1 Å². The summed E-state index contributed by atoms with van der Waals surface area (Å²) in [6, 6.07) is 14.0. The Morgan fingerprint density at radius 1 is 0.921 bits per heavy atom. The zero-order valence-electron chi connectivity index (χ0n) is 20.1. The minimum atomic E-state index is -2.79. The molecule has 6 rings (SSSR count). The number of carboxylic acids is 1. The molecular weight excluding hydrogens is 504 g/mol. The quantitative estimate of drug-likeness (QED) is 0.176. The number of carbonyl (C=O) groups excluding carboxylic acids is 2. The molecule has 2 aromatic carbocycles. The molecule has 3 heterocycles. The van der Waals surface area contributed by atoms with Gasteiger partial charge in [-0.3, -0.25) is 4.79 Å². The number of carbonyl (C=O) groups is 2. The van der Waals surface area contributed by atoms with E-state index in [1.54, 1.807) is 36.4 Å². The number of carboxylic acid groups (broad SMARTS) is 1. The first-order valence-electron chi connectivity index (χ1n) is 11.9. The molecule has 0 unspecified atom stereocenters. The average molecular weight is 524 g/mol. The van der Waals surface area contributed by atoms with E-state index in [2.05, 4.69) is 0 Å². The zero-order valence-corrected chi connectivity index (χ0v) is 20.1. The molecule has 0 N–H and O–H groups in total. The van der Waals surface area contributed by atoms with Crippen LogP contribution in [0.2, 0.25) is 0 Å². The second-order valence-corrected chi connectivity index (χ2v) is 9.87. The van der Waals surface area contributed by atoms with Crippen LogP contribution in [-0.4, -0.2) is 49.8 Å². The van der Waals surface area contributed by atoms with Crippen LogP contribution < -0.4 is 19.9 Å². The number of benzene rings is 3. The Morgan fingerprint density at radius 2 is 1.66 bits per heavy atom. The van der Waals surface area contributed by atoms with E-state index in [1.165, 1.54) is 34.6 Å². The molecule has 2 saturated heterocycles. The Bertz CT molecular complexity index is 1690. The first-order chi connectivity index (χ1) is 17.9. The molecule has 0 aromatic heterocycles. The largest absolute Gasteiger partial charge is 0.545 e. The molecule has 2 fully saturated rings. The lowest BCUT2D eigenvalue weighted by Crippen LogP contribution is -2.57. The van der Waals surface area contributed by atoms with Gasteiger partial charge in [0.05, 0.1) is 25.1 Å². The van der Waals surface area contributed by atoms with E-state index >= 15 is 0 Å². The van der Waals surface area contributed by atoms with Crippen LogP contribution in [0.25, 0.3) is 33.4 Å². The van der Waals surface area contributed by atoms with Crippen LogP contribution in [0, 0.1) is 0 Å². The summed E-state index contributed by atoms with van der Waals surface area (Å²) < 4.78 is 61.7. The second kappa shape index (κ2) is 8.14. The summed E-state index contributed by atoms with van der Waals surface area (Å²) in [6.07, 6.45) is 0. The molecule has 0 saturated carbocycles. The van der Waals surface area contributed by atoms with Crippen LogP contribution in [0.1, 0.15) is 27.6 Å². The Morgan fingerprint density at radius 3 is 2.29 bits per heavy atom. The van der Waals surface area contributed by atoms with Gasteiger partial charge >= 0.3 is 5.92 Å². The van der Waals surface area contributed by atoms with Gasteiger partial charge in [0.15, 0.2) is 5.78 Å². The molecule has 10 heteroatoms. The minimum absolute atomic E-state index is 0.151. The zero-order chi connectivity index (χ0) is 27.0. The SMILES string of the molecule is CC(=O)c1ccc(C(=O)[O-])c(-c2c3ccc(=[N+]4CC(F)(F)C4)cc-3oc3cc(N4CC(F)(F)C4)ccc23)c1. The van der Waals surface area contributed by atoms with Crippen LogP contribution in [-0.2, 0) is 0 Å². The minimum Gasteiger partial charge on any atom is -0.545 e. The lowest BCUT2D eigenvalue weighted by atomic mass is 9.89. The average Bonchev–Trinajstić information content (AvgIpc) is 2.83. The molecule has 0 amide bonds. The molecule has 6 nitrogen and oxygen atoms in total. The van der Waals surface area contributed by atoms with Gasteiger partial charge < -0.3 is 19.2 Å². The van der Waals surface area contributed by atoms with Crippen LogP contribution >= 0.6 is 0 Å². The number of halogens is 4. The van der Waals surface area contributed by atoms with Crippen LogP contribution in [0.3, 0.4) is 0 Å². The van der Waals surface area contributed by atoms with Crippen molar-refractivity contribution in [1.29, 1.82) is 0 Å². The van der Waals surface area contributed by atoms with Gasteiger partial charge in [-0.05, 0) is 36.8 Å². The smallest absolute Gasteiger partial charge is 0.361 e. The first-order valence-corrected chi connectivity index (χ1v) is 11.9. The Kier molecular flexibility index (Phi) is 5.17. The maximum absolute atomic E-state index is 13.5. The van der Waals surface area contributed by atoms with Gasteiger partial charge in [0.1, 0.15) is 11.3 Å². The third-order valence-corrected chi connectivity index (χ3v) is 7.02. The van der Waals surface area contributed by atoms with Gasteiger partial charge in [-0.25, -0.2) is 13.4 Å². The number of hydrogen-bond donors (Lipinski definition) is 0. The summed E-state index contributed by atoms with van der Waals surface area (Å²) in [5, 5.41) is 13.1. The van der Waals surface area contributed by atoms with E-state index in [9.17, 15) is 32.3 Å². The molecular formula is C28H20F4N2O4. The Labute approximate surface area is 213 Å². The van der Waals surface area contributed by atoms with Crippen LogP contribution in [0.15, 0.2) is 59.0 Å². The highest BCUT2D eigenvalue weighted by atomic mass is 19.3. The maximum atomic E-state index is 13.5. The summed E-state index contributed by atoms with van der Waals surface area (Å²) in [4.78, 5) is 25.7. The van der Waals surface area contributed by atoms with E-state index in [1.807, 2.05) is 0 Å². The van der Waals surface area contributed by atoms with Crippen LogP contribution in [0.5, 0.6) is 0 Å². The van der Waals surface area contributed by atoms with E-state index in [0.717, 1.165) is 0 Å². The number of hydrogen-bond acceptors (Lipinski definition) is 5. The Hall–Kier alpha value is -4.21. The van der Waals surface area contributed by atoms with Crippen molar-refractivity contribution >= 4 is 28.4 Å². The van der Waals surface area contributed by atoms with Gasteiger partial charge in [0.25, 0.3) is 5.92 Å². The van der Waals surface area contributed by atoms with Crippen molar-refractivity contribution in [2.75, 3.05) is 31.1 Å². The van der Waals surface area contributed by atoms with Crippen molar-refractivity contribution in [3.8, 4) is 22.5 Å². The Balaban J connectivity index is 1.64. The predicted octanol–water partition coefficient (Wildman–Crippen LogP) is 3.65. The number of alkyl halides is 4. The highest BCUT2D eigenvalue weighted by Crippen LogP contribution is 2.43. The molecule has 2 aromatic rings. The monoisotopic (exact) mass is 524 g/mol. The number of Topliss-reactive ketones (excluding diaryl/α,β-unsaturated/α-hetero) is 1. The third kappa shape index (κ3) is 4.00. The summed E-state index contributed by atoms with van der Waals surface area (Å²) in [7, 11) is 0. The summed E-state index contributed by atoms with van der Waals surface area (Å²) in [6.45, 7) is -0.411. The fraction of sp³-hybridized carbons (Fsp3) is 0.250. The molecule has 194 valence electrons. The summed E-state index contributed by atoms with van der Waals surface area (Å²) in [5.74, 6) is -7.01. The van der Waals surface area contributed by atoms with Crippen LogP contribution in [0.4, 0.5) is 23.2 Å². The van der Waals surface area contributed by atoms with E-state index in [4.69, 9.17) is 4.42 Å². The number of rotatable bonds is 4. The second-order valence-electron chi connectivity index (χ2n) is 9.87. The van der Waals surface area contributed by atoms with Crippen molar-refractivity contribution in [2.24, 2.45) is 0 Å². The topological polar surface area (TPSA) is 76.6 Å². The third-order valence-electron chi connectivity index (χ3n) is 7.02. The fourth-order valence-electron chi connectivity index (χ4n) is 5.09. The van der Waals surface area contributed by atoms with Gasteiger partial charge in [0.2, 0.25) is 18.4 Å². The molecule has 0 spiro atoms. The van der Waals surface area contributed by atoms with Gasteiger partial charge in [-0.15, -0.1) is 0 Å². The first kappa shape index (κ1) is 24.1.